The van der Waals surface area contributed by atoms with Crippen molar-refractivity contribution in [2.45, 2.75) is 62.8 Å². The van der Waals surface area contributed by atoms with Crippen molar-refractivity contribution in [3.05, 3.63) is 24.3 Å². The predicted molar refractivity (Wildman–Crippen MR) is 106 cm³/mol. The van der Waals surface area contributed by atoms with E-state index in [2.05, 4.69) is 17.0 Å². The maximum Gasteiger partial charge on any atom is 0.279 e. The van der Waals surface area contributed by atoms with Crippen LogP contribution in [0.1, 0.15) is 51.9 Å². The monoisotopic (exact) mass is 394 g/mol. The average Bonchev–Trinajstić information content (AvgIpc) is 2.62. The summed E-state index contributed by atoms with van der Waals surface area (Å²) in [6.07, 6.45) is 7.58. The number of hydrogen-bond donors (Lipinski definition) is 3. The highest BCUT2D eigenvalue weighted by Gasteiger charge is 2.23. The van der Waals surface area contributed by atoms with E-state index in [0.717, 1.165) is 38.8 Å². The molecule has 1 amide bonds. The number of carbonyl (C=O) groups is 1. The topological polar surface area (TPSA) is 79.7 Å². The van der Waals surface area contributed by atoms with Crippen molar-refractivity contribution in [2.75, 3.05) is 25.0 Å². The number of nitrogens with one attached hydrogen (secondary N) is 3. The first-order chi connectivity index (χ1) is 12.9. The highest BCUT2D eigenvalue weighted by atomic mass is 32.2. The smallest absolute Gasteiger partial charge is 0.279 e. The first kappa shape index (κ1) is 20.3. The Bertz CT molecular complexity index is 727. The van der Waals surface area contributed by atoms with Crippen LogP contribution in [-0.4, -0.2) is 40.0 Å². The number of rotatable bonds is 6. The fraction of sp³-hybridized carbons (Fsp3) is 0.650. The van der Waals surface area contributed by atoms with E-state index in [4.69, 9.17) is 0 Å². The predicted octanol–water partition coefficient (Wildman–Crippen LogP) is 1.55. The second kappa shape index (κ2) is 9.17. The van der Waals surface area contributed by atoms with E-state index in [1.54, 1.807) is 24.3 Å². The Morgan fingerprint density at radius 2 is 1.78 bits per heavy atom. The molecule has 1 aromatic carbocycles. The summed E-state index contributed by atoms with van der Waals surface area (Å²) in [5.41, 5.74) is 0.640. The summed E-state index contributed by atoms with van der Waals surface area (Å²) in [6, 6.07) is 6.51. The van der Waals surface area contributed by atoms with Gasteiger partial charge in [0.25, 0.3) is 5.91 Å². The van der Waals surface area contributed by atoms with Gasteiger partial charge in [-0.3, -0.25) is 4.79 Å². The summed E-state index contributed by atoms with van der Waals surface area (Å²) in [6.45, 7) is 4.78. The Hall–Kier alpha value is -1.44. The maximum absolute atomic E-state index is 12.5. The highest BCUT2D eigenvalue weighted by Crippen LogP contribution is 2.20. The number of amides is 1. The van der Waals surface area contributed by atoms with E-state index in [1.807, 2.05) is 0 Å². The molecule has 1 saturated carbocycles. The Labute approximate surface area is 162 Å². The number of hydrogen-bond acceptors (Lipinski definition) is 3. The van der Waals surface area contributed by atoms with Gasteiger partial charge < -0.3 is 10.2 Å². The molecule has 3 rings (SSSR count). The zero-order valence-electron chi connectivity index (χ0n) is 16.2. The van der Waals surface area contributed by atoms with Gasteiger partial charge in [0, 0.05) is 17.6 Å². The summed E-state index contributed by atoms with van der Waals surface area (Å²) >= 11 is 0. The summed E-state index contributed by atoms with van der Waals surface area (Å²) < 4.78 is 27.9. The zero-order chi connectivity index (χ0) is 19.3. The third-order valence-corrected chi connectivity index (χ3v) is 7.19. The molecule has 150 valence electrons. The van der Waals surface area contributed by atoms with Gasteiger partial charge in [0.2, 0.25) is 10.0 Å². The van der Waals surface area contributed by atoms with Crippen molar-refractivity contribution in [2.24, 2.45) is 5.92 Å². The largest absolute Gasteiger partial charge is 0.327 e. The van der Waals surface area contributed by atoms with Crippen molar-refractivity contribution in [3.8, 4) is 0 Å². The van der Waals surface area contributed by atoms with Gasteiger partial charge in [0.1, 0.15) is 0 Å². The molecule has 0 radical (unpaired) electrons. The molecule has 7 heteroatoms. The van der Waals surface area contributed by atoms with Gasteiger partial charge in [-0.05, 0) is 49.9 Å². The van der Waals surface area contributed by atoms with Crippen LogP contribution < -0.4 is 14.9 Å². The number of benzene rings is 1. The minimum absolute atomic E-state index is 0.0185. The number of anilines is 1. The van der Waals surface area contributed by atoms with E-state index in [-0.39, 0.29) is 16.8 Å². The van der Waals surface area contributed by atoms with Crippen LogP contribution >= 0.6 is 0 Å². The molecule has 2 aliphatic rings. The minimum Gasteiger partial charge on any atom is -0.327 e. The summed E-state index contributed by atoms with van der Waals surface area (Å²) in [5.74, 6) is 0.651. The molecule has 1 unspecified atom stereocenters. The van der Waals surface area contributed by atoms with Crippen LogP contribution in [0.15, 0.2) is 29.2 Å². The molecule has 3 N–H and O–H groups in total. The van der Waals surface area contributed by atoms with Gasteiger partial charge in [-0.1, -0.05) is 26.2 Å². The molecular weight excluding hydrogens is 362 g/mol. The molecule has 0 aromatic heterocycles. The van der Waals surface area contributed by atoms with E-state index in [9.17, 15) is 13.2 Å². The summed E-state index contributed by atoms with van der Waals surface area (Å²) in [5, 5.41) is 2.89. The minimum atomic E-state index is -3.50. The van der Waals surface area contributed by atoms with Gasteiger partial charge in [0.15, 0.2) is 6.54 Å². The Morgan fingerprint density at radius 1 is 1.07 bits per heavy atom. The molecule has 1 heterocycles. The van der Waals surface area contributed by atoms with Crippen LogP contribution in [0.3, 0.4) is 0 Å². The molecule has 2 fully saturated rings. The van der Waals surface area contributed by atoms with Crippen molar-refractivity contribution in [3.63, 3.8) is 0 Å². The molecule has 1 aliphatic heterocycles. The maximum atomic E-state index is 12.5. The molecule has 0 spiro atoms. The number of carbonyl (C=O) groups excluding carboxylic acids is 1. The van der Waals surface area contributed by atoms with Gasteiger partial charge in [-0.25, -0.2) is 13.1 Å². The molecule has 1 saturated heterocycles. The number of sulfonamides is 1. The quantitative estimate of drug-likeness (QED) is 0.685. The Kier molecular flexibility index (Phi) is 6.89. The van der Waals surface area contributed by atoms with Gasteiger partial charge in [-0.15, -0.1) is 0 Å². The van der Waals surface area contributed by atoms with Crippen LogP contribution in [0, 0.1) is 5.92 Å². The lowest BCUT2D eigenvalue weighted by molar-refractivity contribution is -0.900. The van der Waals surface area contributed by atoms with Crippen LogP contribution in [0.5, 0.6) is 0 Å². The normalized spacial score (nSPS) is 24.5. The van der Waals surface area contributed by atoms with Gasteiger partial charge in [0.05, 0.1) is 18.0 Å². The number of piperidine rings is 1. The standard InChI is InChI=1S/C20H31N3O3S/c1-16-6-5-13-23(14-16)15-20(24)21-17-9-11-19(12-10-17)27(25,26)22-18-7-3-2-4-8-18/h9-12,16,18,22H,2-8,13-15H2,1H3,(H,21,24)/p+1/t16-/m0/s1. The highest BCUT2D eigenvalue weighted by molar-refractivity contribution is 7.89. The fourth-order valence-corrected chi connectivity index (χ4v) is 5.52. The molecule has 6 nitrogen and oxygen atoms in total. The van der Waals surface area contributed by atoms with Crippen molar-refractivity contribution >= 4 is 21.6 Å². The van der Waals surface area contributed by atoms with E-state index < -0.39 is 10.0 Å². The van der Waals surface area contributed by atoms with E-state index in [0.29, 0.717) is 18.2 Å². The molecule has 2 atom stereocenters. The molecular formula is C20H32N3O3S+. The summed E-state index contributed by atoms with van der Waals surface area (Å²) in [7, 11) is -3.50. The second-order valence-corrected chi connectivity index (χ2v) is 9.87. The fourth-order valence-electron chi connectivity index (χ4n) is 4.22. The second-order valence-electron chi connectivity index (χ2n) is 8.16. The number of quaternary nitrogens is 1. The van der Waals surface area contributed by atoms with Crippen molar-refractivity contribution in [1.82, 2.24) is 4.72 Å². The molecule has 1 aromatic rings. The third kappa shape index (κ3) is 6.02. The molecule has 0 bridgehead atoms. The third-order valence-electron chi connectivity index (χ3n) is 5.65. The van der Waals surface area contributed by atoms with E-state index in [1.165, 1.54) is 24.2 Å². The van der Waals surface area contributed by atoms with Crippen molar-refractivity contribution < 1.29 is 18.1 Å². The van der Waals surface area contributed by atoms with Crippen LogP contribution in [0.25, 0.3) is 0 Å². The summed E-state index contributed by atoms with van der Waals surface area (Å²) in [4.78, 5) is 13.8. The lowest BCUT2D eigenvalue weighted by Gasteiger charge is -2.27. The molecule has 27 heavy (non-hydrogen) atoms. The first-order valence-corrected chi connectivity index (χ1v) is 11.7. The first-order valence-electron chi connectivity index (χ1n) is 10.2. The average molecular weight is 395 g/mol. The van der Waals surface area contributed by atoms with E-state index >= 15 is 0 Å². The van der Waals surface area contributed by atoms with Gasteiger partial charge >= 0.3 is 0 Å². The van der Waals surface area contributed by atoms with Crippen LogP contribution in [0.4, 0.5) is 5.69 Å². The Morgan fingerprint density at radius 3 is 2.44 bits per heavy atom. The lowest BCUT2D eigenvalue weighted by Crippen LogP contribution is -3.14. The Balaban J connectivity index is 1.53. The van der Waals surface area contributed by atoms with Gasteiger partial charge in [-0.2, -0.15) is 0 Å². The zero-order valence-corrected chi connectivity index (χ0v) is 17.0. The van der Waals surface area contributed by atoms with Crippen LogP contribution in [-0.2, 0) is 14.8 Å². The lowest BCUT2D eigenvalue weighted by atomic mass is 9.96. The molecule has 1 aliphatic carbocycles. The SMILES string of the molecule is C[C@H]1CCC[NH+](CC(=O)Nc2ccc(S(=O)(=O)NC3CCCCC3)cc2)C1. The number of likely N-dealkylation sites (tertiary alicyclic amines) is 1. The van der Waals surface area contributed by atoms with Crippen molar-refractivity contribution in [1.29, 1.82) is 0 Å². The van der Waals surface area contributed by atoms with Crippen LogP contribution in [0.2, 0.25) is 0 Å².